The van der Waals surface area contributed by atoms with E-state index in [9.17, 15) is 9.90 Å². The third-order valence-electron chi connectivity index (χ3n) is 4.94. The first-order chi connectivity index (χ1) is 9.16. The molecule has 2 aliphatic rings. The molecule has 0 spiro atoms. The van der Waals surface area contributed by atoms with E-state index in [1.807, 2.05) is 0 Å². The lowest BCUT2D eigenvalue weighted by atomic mass is 9.80. The Kier molecular flexibility index (Phi) is 5.68. The summed E-state index contributed by atoms with van der Waals surface area (Å²) in [5.74, 6) is 0.930. The van der Waals surface area contributed by atoms with Crippen LogP contribution in [0.4, 0.5) is 0 Å². The van der Waals surface area contributed by atoms with Crippen LogP contribution in [0.3, 0.4) is 0 Å². The number of carbonyl (C=O) groups is 1. The van der Waals surface area contributed by atoms with Gasteiger partial charge >= 0.3 is 5.97 Å². The number of ether oxygens (including phenoxy) is 1. The van der Waals surface area contributed by atoms with Gasteiger partial charge in [0.25, 0.3) is 0 Å². The molecule has 0 aliphatic heterocycles. The molecule has 2 saturated carbocycles. The van der Waals surface area contributed by atoms with E-state index in [0.29, 0.717) is 11.8 Å². The maximum atomic E-state index is 11.0. The smallest absolute Gasteiger partial charge is 0.302 e. The second-order valence-corrected chi connectivity index (χ2v) is 6.37. The van der Waals surface area contributed by atoms with Crippen LogP contribution in [0.15, 0.2) is 0 Å². The van der Waals surface area contributed by atoms with Gasteiger partial charge in [-0.2, -0.15) is 0 Å². The molecule has 3 nitrogen and oxygen atoms in total. The first-order valence-electron chi connectivity index (χ1n) is 8.02. The maximum Gasteiger partial charge on any atom is 0.302 e. The summed E-state index contributed by atoms with van der Waals surface area (Å²) < 4.78 is 5.33. The zero-order chi connectivity index (χ0) is 13.7. The number of carbonyl (C=O) groups excluding carboxylic acids is 1. The van der Waals surface area contributed by atoms with Crippen LogP contribution in [0, 0.1) is 11.8 Å². The molecule has 2 fully saturated rings. The van der Waals surface area contributed by atoms with Crippen molar-refractivity contribution in [2.75, 3.05) is 0 Å². The second-order valence-electron chi connectivity index (χ2n) is 6.37. The Morgan fingerprint density at radius 2 is 1.58 bits per heavy atom. The Bertz CT molecular complexity index is 282. The van der Waals surface area contributed by atoms with Crippen molar-refractivity contribution in [1.29, 1.82) is 0 Å². The van der Waals surface area contributed by atoms with Crippen molar-refractivity contribution < 1.29 is 14.6 Å². The van der Waals surface area contributed by atoms with E-state index in [1.54, 1.807) is 0 Å². The fraction of sp³-hybridized carbons (Fsp3) is 0.938. The lowest BCUT2D eigenvalue weighted by Crippen LogP contribution is -2.26. The standard InChI is InChI=1S/C16H28O3/c1-12(17)19-14-8-10-15(16(18)11-9-14)13-6-4-2-3-5-7-13/h13-16,18H,2-11H2,1H3. The van der Waals surface area contributed by atoms with E-state index in [2.05, 4.69) is 0 Å². The quantitative estimate of drug-likeness (QED) is 0.616. The zero-order valence-corrected chi connectivity index (χ0v) is 12.1. The number of hydrogen-bond acceptors (Lipinski definition) is 3. The van der Waals surface area contributed by atoms with Gasteiger partial charge in [0.1, 0.15) is 6.10 Å². The normalized spacial score (nSPS) is 34.3. The average Bonchev–Trinajstić information content (AvgIpc) is 2.71. The SMILES string of the molecule is CC(=O)OC1CCC(O)C(C2CCCCCC2)CC1. The van der Waals surface area contributed by atoms with Crippen molar-refractivity contribution >= 4 is 5.97 Å². The molecule has 2 aliphatic carbocycles. The van der Waals surface area contributed by atoms with E-state index in [-0.39, 0.29) is 18.2 Å². The molecule has 0 amide bonds. The summed E-state index contributed by atoms with van der Waals surface area (Å²) in [5.41, 5.74) is 0. The van der Waals surface area contributed by atoms with Gasteiger partial charge in [-0.1, -0.05) is 38.5 Å². The number of esters is 1. The topological polar surface area (TPSA) is 46.5 Å². The summed E-state index contributed by atoms with van der Waals surface area (Å²) in [6.07, 6.45) is 11.3. The van der Waals surface area contributed by atoms with Gasteiger partial charge in [0, 0.05) is 6.92 Å². The van der Waals surface area contributed by atoms with Gasteiger partial charge in [-0.3, -0.25) is 4.79 Å². The highest BCUT2D eigenvalue weighted by molar-refractivity contribution is 5.66. The highest BCUT2D eigenvalue weighted by atomic mass is 16.5. The summed E-state index contributed by atoms with van der Waals surface area (Å²) >= 11 is 0. The van der Waals surface area contributed by atoms with Gasteiger partial charge in [0.2, 0.25) is 0 Å². The number of aliphatic hydroxyl groups excluding tert-OH is 1. The number of hydrogen-bond donors (Lipinski definition) is 1. The minimum Gasteiger partial charge on any atom is -0.463 e. The molecule has 2 rings (SSSR count). The molecule has 0 aromatic heterocycles. The van der Waals surface area contributed by atoms with Gasteiger partial charge in [-0.25, -0.2) is 0 Å². The van der Waals surface area contributed by atoms with E-state index in [1.165, 1.54) is 45.4 Å². The molecule has 3 heteroatoms. The van der Waals surface area contributed by atoms with Crippen molar-refractivity contribution in [3.8, 4) is 0 Å². The number of rotatable bonds is 2. The largest absolute Gasteiger partial charge is 0.463 e. The van der Waals surface area contributed by atoms with Crippen LogP contribution in [-0.4, -0.2) is 23.3 Å². The Morgan fingerprint density at radius 3 is 2.21 bits per heavy atom. The first-order valence-corrected chi connectivity index (χ1v) is 8.02. The van der Waals surface area contributed by atoms with Crippen LogP contribution in [-0.2, 0) is 9.53 Å². The van der Waals surface area contributed by atoms with Gasteiger partial charge in [-0.05, 0) is 37.5 Å². The Hall–Kier alpha value is -0.570. The van der Waals surface area contributed by atoms with Crippen LogP contribution < -0.4 is 0 Å². The van der Waals surface area contributed by atoms with Crippen LogP contribution in [0.25, 0.3) is 0 Å². The summed E-state index contributed by atoms with van der Waals surface area (Å²) in [4.78, 5) is 11.0. The Balaban J connectivity index is 1.91. The molecule has 0 aromatic carbocycles. The van der Waals surface area contributed by atoms with Gasteiger partial charge in [-0.15, -0.1) is 0 Å². The number of aliphatic hydroxyl groups is 1. The molecule has 19 heavy (non-hydrogen) atoms. The minimum atomic E-state index is -0.191. The van der Waals surface area contributed by atoms with Gasteiger partial charge in [0.05, 0.1) is 6.10 Å². The second kappa shape index (κ2) is 7.28. The van der Waals surface area contributed by atoms with E-state index in [4.69, 9.17) is 4.74 Å². The average molecular weight is 268 g/mol. The van der Waals surface area contributed by atoms with Crippen LogP contribution in [0.1, 0.15) is 71.1 Å². The van der Waals surface area contributed by atoms with Crippen molar-refractivity contribution in [2.45, 2.75) is 83.3 Å². The molecule has 0 heterocycles. The molecular formula is C16H28O3. The summed E-state index contributed by atoms with van der Waals surface area (Å²) in [7, 11) is 0. The van der Waals surface area contributed by atoms with Gasteiger partial charge < -0.3 is 9.84 Å². The molecule has 110 valence electrons. The zero-order valence-electron chi connectivity index (χ0n) is 12.1. The van der Waals surface area contributed by atoms with Crippen LogP contribution >= 0.6 is 0 Å². The molecule has 0 saturated heterocycles. The highest BCUT2D eigenvalue weighted by Gasteiger charge is 2.32. The summed E-state index contributed by atoms with van der Waals surface area (Å²) in [6.45, 7) is 1.48. The molecule has 0 bridgehead atoms. The van der Waals surface area contributed by atoms with E-state index < -0.39 is 0 Å². The molecular weight excluding hydrogens is 240 g/mol. The van der Waals surface area contributed by atoms with E-state index in [0.717, 1.165) is 25.7 Å². The molecule has 0 radical (unpaired) electrons. The molecule has 0 aromatic rings. The highest BCUT2D eigenvalue weighted by Crippen LogP contribution is 2.37. The van der Waals surface area contributed by atoms with E-state index >= 15 is 0 Å². The lowest BCUT2D eigenvalue weighted by molar-refractivity contribution is -0.146. The maximum absolute atomic E-state index is 11.0. The monoisotopic (exact) mass is 268 g/mol. The lowest BCUT2D eigenvalue weighted by Gasteiger charge is -2.28. The van der Waals surface area contributed by atoms with Crippen molar-refractivity contribution in [1.82, 2.24) is 0 Å². The van der Waals surface area contributed by atoms with Gasteiger partial charge in [0.15, 0.2) is 0 Å². The van der Waals surface area contributed by atoms with Crippen molar-refractivity contribution in [2.24, 2.45) is 11.8 Å². The minimum absolute atomic E-state index is 0.0305. The Morgan fingerprint density at radius 1 is 0.947 bits per heavy atom. The fourth-order valence-corrected chi connectivity index (χ4v) is 3.93. The first kappa shape index (κ1) is 14.8. The fourth-order valence-electron chi connectivity index (χ4n) is 3.93. The molecule has 3 atom stereocenters. The summed E-state index contributed by atoms with van der Waals surface area (Å²) in [5, 5.41) is 10.4. The van der Waals surface area contributed by atoms with Crippen molar-refractivity contribution in [3.63, 3.8) is 0 Å². The summed E-state index contributed by atoms with van der Waals surface area (Å²) in [6, 6.07) is 0. The van der Waals surface area contributed by atoms with Crippen LogP contribution in [0.2, 0.25) is 0 Å². The third kappa shape index (κ3) is 4.48. The van der Waals surface area contributed by atoms with Crippen LogP contribution in [0.5, 0.6) is 0 Å². The Labute approximate surface area is 116 Å². The molecule has 1 N–H and O–H groups in total. The third-order valence-corrected chi connectivity index (χ3v) is 4.94. The molecule has 3 unspecified atom stereocenters. The van der Waals surface area contributed by atoms with Crippen molar-refractivity contribution in [3.05, 3.63) is 0 Å². The predicted octanol–water partition coefficient (Wildman–Crippen LogP) is 3.44. The predicted molar refractivity (Wildman–Crippen MR) is 74.7 cm³/mol.